The number of carbonyl (C=O) groups is 1. The molecule has 5 nitrogen and oxygen atoms in total. The van der Waals surface area contributed by atoms with Gasteiger partial charge in [-0.25, -0.2) is 4.98 Å². The second-order valence-corrected chi connectivity index (χ2v) is 4.56. The second kappa shape index (κ2) is 5.16. The normalized spacial score (nSPS) is 14.2. The Kier molecular flexibility index (Phi) is 4.12. The minimum Gasteiger partial charge on any atom is -0.481 e. The third kappa shape index (κ3) is 3.10. The highest BCUT2D eigenvalue weighted by molar-refractivity contribution is 9.10. The predicted octanol–water partition coefficient (Wildman–Crippen LogP) is 1.95. The molecule has 0 aromatic carbocycles. The molecule has 0 radical (unpaired) electrons. The lowest BCUT2D eigenvalue weighted by Gasteiger charge is -2.19. The Hall–Kier alpha value is -1.30. The molecule has 0 amide bonds. The number of nitrogens with zero attached hydrogens (tertiary/aromatic N) is 1. The van der Waals surface area contributed by atoms with Gasteiger partial charge in [-0.2, -0.15) is 0 Å². The van der Waals surface area contributed by atoms with Crippen LogP contribution in [-0.4, -0.2) is 22.1 Å². The van der Waals surface area contributed by atoms with Crippen molar-refractivity contribution in [1.82, 2.24) is 4.98 Å². The Morgan fingerprint density at radius 2 is 2.25 bits per heavy atom. The van der Waals surface area contributed by atoms with Crippen molar-refractivity contribution < 1.29 is 9.90 Å². The lowest BCUT2D eigenvalue weighted by Crippen LogP contribution is -2.30. The van der Waals surface area contributed by atoms with Gasteiger partial charge in [-0.15, -0.1) is 0 Å². The summed E-state index contributed by atoms with van der Waals surface area (Å²) in [6.45, 7) is 3.43. The minimum atomic E-state index is -0.846. The van der Waals surface area contributed by atoms with Crippen molar-refractivity contribution in [2.75, 3.05) is 11.1 Å². The van der Waals surface area contributed by atoms with E-state index in [4.69, 9.17) is 10.8 Å². The Labute approximate surface area is 102 Å². The van der Waals surface area contributed by atoms with Crippen LogP contribution >= 0.6 is 15.9 Å². The molecule has 0 saturated heterocycles. The number of aliphatic carboxylic acids is 1. The predicted molar refractivity (Wildman–Crippen MR) is 66.2 cm³/mol. The highest BCUT2D eigenvalue weighted by Crippen LogP contribution is 2.22. The first kappa shape index (κ1) is 12.8. The van der Waals surface area contributed by atoms with Crippen molar-refractivity contribution in [3.63, 3.8) is 0 Å². The van der Waals surface area contributed by atoms with E-state index in [-0.39, 0.29) is 6.04 Å². The molecule has 1 aromatic heterocycles. The van der Waals surface area contributed by atoms with Gasteiger partial charge in [0.15, 0.2) is 0 Å². The molecule has 88 valence electrons. The number of rotatable bonds is 4. The first-order chi connectivity index (χ1) is 7.41. The van der Waals surface area contributed by atoms with Crippen LogP contribution in [0.25, 0.3) is 0 Å². The van der Waals surface area contributed by atoms with E-state index in [1.807, 2.05) is 0 Å². The molecular formula is C10H14BrN3O2. The monoisotopic (exact) mass is 287 g/mol. The van der Waals surface area contributed by atoms with Crippen LogP contribution < -0.4 is 11.1 Å². The molecule has 6 heteroatoms. The van der Waals surface area contributed by atoms with Gasteiger partial charge in [0.25, 0.3) is 0 Å². The van der Waals surface area contributed by atoms with Crippen LogP contribution in [0.2, 0.25) is 0 Å². The molecule has 1 aromatic rings. The number of nitrogens with one attached hydrogen (secondary N) is 1. The number of hydrogen-bond donors (Lipinski definition) is 3. The zero-order chi connectivity index (χ0) is 12.3. The molecule has 1 rings (SSSR count). The molecule has 4 N–H and O–H groups in total. The lowest BCUT2D eigenvalue weighted by molar-refractivity contribution is -0.141. The van der Waals surface area contributed by atoms with Crippen molar-refractivity contribution in [3.8, 4) is 0 Å². The molecule has 0 aliphatic heterocycles. The van der Waals surface area contributed by atoms with Crippen molar-refractivity contribution in [1.29, 1.82) is 0 Å². The van der Waals surface area contributed by atoms with Crippen molar-refractivity contribution in [2.24, 2.45) is 5.92 Å². The van der Waals surface area contributed by atoms with Gasteiger partial charge in [0.05, 0.1) is 11.6 Å². The van der Waals surface area contributed by atoms with Crippen molar-refractivity contribution >= 4 is 33.4 Å². The summed E-state index contributed by atoms with van der Waals surface area (Å²) in [7, 11) is 0. The summed E-state index contributed by atoms with van der Waals surface area (Å²) in [6.07, 6.45) is 1.59. The maximum atomic E-state index is 10.8. The summed E-state index contributed by atoms with van der Waals surface area (Å²) >= 11 is 3.28. The van der Waals surface area contributed by atoms with E-state index >= 15 is 0 Å². The average Bonchev–Trinajstić information content (AvgIpc) is 2.22. The number of pyridine rings is 1. The maximum Gasteiger partial charge on any atom is 0.308 e. The fourth-order valence-corrected chi connectivity index (χ4v) is 1.48. The van der Waals surface area contributed by atoms with E-state index in [1.165, 1.54) is 0 Å². The topological polar surface area (TPSA) is 88.2 Å². The largest absolute Gasteiger partial charge is 0.481 e. The maximum absolute atomic E-state index is 10.8. The summed E-state index contributed by atoms with van der Waals surface area (Å²) in [5.74, 6) is -0.993. The van der Waals surface area contributed by atoms with Crippen molar-refractivity contribution in [3.05, 3.63) is 16.7 Å². The first-order valence-corrected chi connectivity index (χ1v) is 5.61. The summed E-state index contributed by atoms with van der Waals surface area (Å²) in [6, 6.07) is 1.55. The molecule has 1 heterocycles. The molecule has 1 unspecified atom stereocenters. The van der Waals surface area contributed by atoms with E-state index in [9.17, 15) is 4.79 Å². The second-order valence-electron chi connectivity index (χ2n) is 3.65. The fraction of sp³-hybridized carbons (Fsp3) is 0.400. The number of anilines is 2. The summed E-state index contributed by atoms with van der Waals surface area (Å²) in [4.78, 5) is 14.7. The van der Waals surface area contributed by atoms with Crippen LogP contribution in [0.4, 0.5) is 11.5 Å². The molecule has 0 bridgehead atoms. The Balaban J connectivity index is 2.80. The minimum absolute atomic E-state index is 0.226. The molecule has 16 heavy (non-hydrogen) atoms. The number of aromatic nitrogens is 1. The van der Waals surface area contributed by atoms with Gasteiger partial charge >= 0.3 is 5.97 Å². The third-order valence-corrected chi connectivity index (χ3v) is 2.84. The van der Waals surface area contributed by atoms with Crippen LogP contribution in [0.5, 0.6) is 0 Å². The molecule has 0 spiro atoms. The van der Waals surface area contributed by atoms with Gasteiger partial charge in [-0.3, -0.25) is 4.79 Å². The van der Waals surface area contributed by atoms with Gasteiger partial charge < -0.3 is 16.2 Å². The van der Waals surface area contributed by atoms with E-state index < -0.39 is 11.9 Å². The van der Waals surface area contributed by atoms with Gasteiger partial charge in [0, 0.05) is 16.7 Å². The van der Waals surface area contributed by atoms with Crippen LogP contribution in [0.15, 0.2) is 16.7 Å². The SMILES string of the molecule is CC(Nc1cc(Br)cnc1N)[C@@H](C)C(=O)O. The smallest absolute Gasteiger partial charge is 0.308 e. The number of hydrogen-bond acceptors (Lipinski definition) is 4. The highest BCUT2D eigenvalue weighted by Gasteiger charge is 2.19. The van der Waals surface area contributed by atoms with E-state index in [0.29, 0.717) is 11.5 Å². The van der Waals surface area contributed by atoms with Crippen LogP contribution in [0, 0.1) is 5.92 Å². The lowest BCUT2D eigenvalue weighted by atomic mass is 10.0. The fourth-order valence-electron chi connectivity index (χ4n) is 1.15. The highest BCUT2D eigenvalue weighted by atomic mass is 79.9. The standard InChI is InChI=1S/C10H14BrN3O2/c1-5(10(15)16)6(2)14-8-3-7(11)4-13-9(8)12/h3-6,14H,1-2H3,(H2,12,13)(H,15,16)/t5-,6?/m1/s1. The number of carboxylic acids is 1. The van der Waals surface area contributed by atoms with Gasteiger partial charge in [-0.1, -0.05) is 0 Å². The van der Waals surface area contributed by atoms with Gasteiger partial charge in [-0.05, 0) is 35.8 Å². The Morgan fingerprint density at radius 3 is 2.81 bits per heavy atom. The summed E-state index contributed by atoms with van der Waals surface area (Å²) < 4.78 is 0.791. The molecule has 0 fully saturated rings. The molecule has 2 atom stereocenters. The van der Waals surface area contributed by atoms with Crippen LogP contribution in [0.3, 0.4) is 0 Å². The zero-order valence-corrected chi connectivity index (χ0v) is 10.7. The Bertz CT molecular complexity index is 398. The van der Waals surface area contributed by atoms with Gasteiger partial charge in [0.1, 0.15) is 5.82 Å². The van der Waals surface area contributed by atoms with E-state index in [1.54, 1.807) is 26.1 Å². The number of nitrogen functional groups attached to an aromatic ring is 1. The van der Waals surface area contributed by atoms with Crippen LogP contribution in [0.1, 0.15) is 13.8 Å². The number of carboxylic acid groups (broad SMARTS) is 1. The third-order valence-electron chi connectivity index (χ3n) is 2.41. The summed E-state index contributed by atoms with van der Waals surface area (Å²) in [5, 5.41) is 11.9. The molecule has 0 aliphatic carbocycles. The van der Waals surface area contributed by atoms with Crippen molar-refractivity contribution in [2.45, 2.75) is 19.9 Å². The molecule has 0 saturated carbocycles. The zero-order valence-electron chi connectivity index (χ0n) is 9.07. The number of nitrogens with two attached hydrogens (primary N) is 1. The average molecular weight is 288 g/mol. The van der Waals surface area contributed by atoms with E-state index in [0.717, 1.165) is 4.47 Å². The van der Waals surface area contributed by atoms with E-state index in [2.05, 4.69) is 26.2 Å². The quantitative estimate of drug-likeness (QED) is 0.788. The number of halogens is 1. The summed E-state index contributed by atoms with van der Waals surface area (Å²) in [5.41, 5.74) is 6.31. The first-order valence-electron chi connectivity index (χ1n) is 4.82. The van der Waals surface area contributed by atoms with Gasteiger partial charge in [0.2, 0.25) is 0 Å². The molecule has 0 aliphatic rings. The Morgan fingerprint density at radius 1 is 1.62 bits per heavy atom. The molecular weight excluding hydrogens is 274 g/mol. The van der Waals surface area contributed by atoms with Crippen LogP contribution in [-0.2, 0) is 4.79 Å².